The van der Waals surface area contributed by atoms with E-state index in [-0.39, 0.29) is 16.9 Å². The third-order valence-corrected chi connectivity index (χ3v) is 5.73. The molecule has 0 amide bonds. The average molecular weight is 386 g/mol. The molecule has 0 atom stereocenters. The molecule has 1 aromatic carbocycles. The lowest BCUT2D eigenvalue weighted by Gasteiger charge is -2.22. The summed E-state index contributed by atoms with van der Waals surface area (Å²) in [5.41, 5.74) is 0.303. The molecule has 3 rings (SSSR count). The molecule has 2 heterocycles. The van der Waals surface area contributed by atoms with Crippen LogP contribution in [0.2, 0.25) is 0 Å². The second kappa shape index (κ2) is 6.75. The fraction of sp³-hybridized carbons (Fsp3) is 0.267. The second-order valence-corrected chi connectivity index (χ2v) is 7.57. The molecule has 0 radical (unpaired) electrons. The number of rotatable bonds is 2. The van der Waals surface area contributed by atoms with Gasteiger partial charge in [-0.2, -0.15) is 23.4 Å². The second-order valence-electron chi connectivity index (χ2n) is 5.35. The van der Waals surface area contributed by atoms with Crippen molar-refractivity contribution in [3.8, 4) is 0 Å². The van der Waals surface area contributed by atoms with Crippen molar-refractivity contribution in [2.45, 2.75) is 23.7 Å². The van der Waals surface area contributed by atoms with Crippen LogP contribution in [0.1, 0.15) is 16.7 Å². The van der Waals surface area contributed by atoms with Crippen LogP contribution in [-0.4, -0.2) is 21.6 Å². The third kappa shape index (κ3) is 3.84. The van der Waals surface area contributed by atoms with Crippen LogP contribution in [-0.2, 0) is 11.9 Å². The van der Waals surface area contributed by atoms with E-state index in [0.717, 1.165) is 29.6 Å². The molecule has 0 fully saturated rings. The molecule has 0 bridgehead atoms. The molecule has 1 N–H and O–H groups in total. The summed E-state index contributed by atoms with van der Waals surface area (Å²) in [6.45, 7) is 1.62. The molecule has 0 saturated heterocycles. The Kier molecular flexibility index (Phi) is 4.83. The smallest absolute Gasteiger partial charge is 0.267 e. The summed E-state index contributed by atoms with van der Waals surface area (Å²) >= 11 is 2.29. The Bertz CT molecular complexity index is 895. The number of nitrogens with zero attached hydrogens (tertiary/aromatic N) is 3. The number of nitrogens with one attached hydrogen (secondary N) is 1. The van der Waals surface area contributed by atoms with Crippen molar-refractivity contribution in [3.63, 3.8) is 0 Å². The normalized spacial score (nSPS) is 14.3. The third-order valence-electron chi connectivity index (χ3n) is 3.48. The fourth-order valence-electron chi connectivity index (χ4n) is 2.27. The number of fused-ring (bicyclic) bond motifs is 1. The van der Waals surface area contributed by atoms with E-state index >= 15 is 0 Å². The zero-order chi connectivity index (χ0) is 18.2. The minimum atomic E-state index is -4.41. The first-order valence-corrected chi connectivity index (χ1v) is 8.93. The number of H-pyrrole nitrogens is 1. The van der Waals surface area contributed by atoms with E-state index in [0.29, 0.717) is 20.5 Å². The molecule has 1 aliphatic rings. The van der Waals surface area contributed by atoms with Gasteiger partial charge in [-0.3, -0.25) is 9.80 Å². The number of benzene rings is 1. The summed E-state index contributed by atoms with van der Waals surface area (Å²) in [4.78, 5) is 12.3. The van der Waals surface area contributed by atoms with Crippen molar-refractivity contribution in [1.82, 2.24) is 10.2 Å². The van der Waals surface area contributed by atoms with E-state index < -0.39 is 11.7 Å². The predicted octanol–water partition coefficient (Wildman–Crippen LogP) is 3.84. The molecule has 25 heavy (non-hydrogen) atoms. The van der Waals surface area contributed by atoms with Gasteiger partial charge in [-0.15, -0.1) is 0 Å². The van der Waals surface area contributed by atoms with Crippen molar-refractivity contribution < 1.29 is 13.2 Å². The molecule has 5 nitrogen and oxygen atoms in total. The van der Waals surface area contributed by atoms with Gasteiger partial charge in [0.15, 0.2) is 4.38 Å². The lowest BCUT2D eigenvalue weighted by Crippen LogP contribution is -2.22. The van der Waals surface area contributed by atoms with E-state index in [9.17, 15) is 18.0 Å². The standard InChI is InChI=1S/C15H13F3N4OS2/c1-8-3-4-9(10(5-8)15(16,17)18)7-24-14-21-22(2)11-6-19-20-13(23)12(11)25-14/h3-6H,7H2,1-2H3,(H,20,23). The van der Waals surface area contributed by atoms with Gasteiger partial charge in [0.1, 0.15) is 4.90 Å². The van der Waals surface area contributed by atoms with Crippen LogP contribution in [0.3, 0.4) is 0 Å². The summed E-state index contributed by atoms with van der Waals surface area (Å²) in [5, 5.41) is 11.9. The highest BCUT2D eigenvalue weighted by molar-refractivity contribution is 8.38. The molecule has 132 valence electrons. The van der Waals surface area contributed by atoms with Crippen LogP contribution < -0.4 is 10.6 Å². The molecule has 1 aromatic heterocycles. The van der Waals surface area contributed by atoms with Gasteiger partial charge in [-0.05, 0) is 18.6 Å². The first kappa shape index (κ1) is 17.9. The Balaban J connectivity index is 1.82. The first-order valence-electron chi connectivity index (χ1n) is 7.13. The number of thioether (sulfide) groups is 2. The maximum Gasteiger partial charge on any atom is 0.416 e. The SMILES string of the molecule is Cc1ccc(CSC2=NN(C)c3cn[nH]c(=O)c3S2)c(C(F)(F)F)c1. The zero-order valence-electron chi connectivity index (χ0n) is 13.2. The van der Waals surface area contributed by atoms with Crippen LogP contribution in [0.25, 0.3) is 0 Å². The van der Waals surface area contributed by atoms with E-state index in [4.69, 9.17) is 0 Å². The van der Waals surface area contributed by atoms with Crippen molar-refractivity contribution >= 4 is 33.6 Å². The monoisotopic (exact) mass is 386 g/mol. The van der Waals surface area contributed by atoms with Crippen LogP contribution in [0, 0.1) is 6.92 Å². The number of alkyl halides is 3. The van der Waals surface area contributed by atoms with Crippen LogP contribution in [0.5, 0.6) is 0 Å². The number of halogens is 3. The molecule has 10 heteroatoms. The number of aromatic nitrogens is 2. The van der Waals surface area contributed by atoms with Crippen molar-refractivity contribution in [2.24, 2.45) is 5.10 Å². The van der Waals surface area contributed by atoms with E-state index in [1.54, 1.807) is 20.0 Å². The van der Waals surface area contributed by atoms with Gasteiger partial charge in [0, 0.05) is 12.8 Å². The summed E-state index contributed by atoms with van der Waals surface area (Å²) in [7, 11) is 1.66. The Morgan fingerprint density at radius 1 is 1.36 bits per heavy atom. The molecule has 0 saturated carbocycles. The Labute approximate surface area is 149 Å². The van der Waals surface area contributed by atoms with Crippen molar-refractivity contribution in [1.29, 1.82) is 0 Å². The molecule has 0 aliphatic carbocycles. The Hall–Kier alpha value is -1.94. The Morgan fingerprint density at radius 2 is 2.12 bits per heavy atom. The summed E-state index contributed by atoms with van der Waals surface area (Å²) in [6, 6.07) is 4.27. The maximum absolute atomic E-state index is 13.2. The predicted molar refractivity (Wildman–Crippen MR) is 94.0 cm³/mol. The minimum Gasteiger partial charge on any atom is -0.267 e. The number of hydrogen-bond donors (Lipinski definition) is 1. The summed E-state index contributed by atoms with van der Waals surface area (Å²) in [6.07, 6.45) is -2.92. The van der Waals surface area contributed by atoms with Crippen LogP contribution in [0.4, 0.5) is 18.9 Å². The van der Waals surface area contributed by atoms with Crippen LogP contribution >= 0.6 is 23.5 Å². The average Bonchev–Trinajstić information content (AvgIpc) is 2.54. The summed E-state index contributed by atoms with van der Waals surface area (Å²) < 4.78 is 40.1. The van der Waals surface area contributed by atoms with Gasteiger partial charge < -0.3 is 0 Å². The number of aromatic amines is 1. The Morgan fingerprint density at radius 3 is 2.84 bits per heavy atom. The first-order chi connectivity index (χ1) is 11.8. The highest BCUT2D eigenvalue weighted by atomic mass is 32.2. The highest BCUT2D eigenvalue weighted by Gasteiger charge is 2.33. The lowest BCUT2D eigenvalue weighted by molar-refractivity contribution is -0.138. The maximum atomic E-state index is 13.2. The van der Waals surface area contributed by atoms with Crippen molar-refractivity contribution in [2.75, 3.05) is 12.1 Å². The number of anilines is 1. The highest BCUT2D eigenvalue weighted by Crippen LogP contribution is 2.38. The molecule has 1 aliphatic heterocycles. The van der Waals surface area contributed by atoms with Gasteiger partial charge in [-0.25, -0.2) is 5.10 Å². The largest absolute Gasteiger partial charge is 0.416 e. The zero-order valence-corrected chi connectivity index (χ0v) is 14.8. The van der Waals surface area contributed by atoms with E-state index in [1.165, 1.54) is 17.3 Å². The van der Waals surface area contributed by atoms with Gasteiger partial charge >= 0.3 is 6.18 Å². The topological polar surface area (TPSA) is 61.4 Å². The fourth-order valence-corrected chi connectivity index (χ4v) is 4.41. The summed E-state index contributed by atoms with van der Waals surface area (Å²) in [5.74, 6) is 0.104. The number of hydrazone groups is 1. The van der Waals surface area contributed by atoms with Gasteiger partial charge in [0.05, 0.1) is 17.4 Å². The van der Waals surface area contributed by atoms with Gasteiger partial charge in [-0.1, -0.05) is 41.2 Å². The quantitative estimate of drug-likeness (QED) is 0.850. The minimum absolute atomic E-state index is 0.104. The molecule has 0 unspecified atom stereocenters. The molecular weight excluding hydrogens is 373 g/mol. The lowest BCUT2D eigenvalue weighted by atomic mass is 10.1. The van der Waals surface area contributed by atoms with E-state index in [1.807, 2.05) is 0 Å². The molecule has 0 spiro atoms. The molecular formula is C15H13F3N4OS2. The molecule has 2 aromatic rings. The van der Waals surface area contributed by atoms with Gasteiger partial charge in [0.25, 0.3) is 5.56 Å². The van der Waals surface area contributed by atoms with Crippen LogP contribution in [0.15, 0.2) is 39.2 Å². The van der Waals surface area contributed by atoms with E-state index in [2.05, 4.69) is 15.3 Å². The van der Waals surface area contributed by atoms with Crippen molar-refractivity contribution in [3.05, 3.63) is 51.4 Å². The number of aryl methyl sites for hydroxylation is 1. The number of hydrogen-bond acceptors (Lipinski definition) is 6. The van der Waals surface area contributed by atoms with Gasteiger partial charge in [0.2, 0.25) is 0 Å².